The minimum Gasteiger partial charge on any atom is -0.343 e. The van der Waals surface area contributed by atoms with Crippen molar-refractivity contribution in [2.45, 2.75) is 39.2 Å². The quantitative estimate of drug-likeness (QED) is 0.809. The largest absolute Gasteiger partial charge is 0.343 e. The Labute approximate surface area is 115 Å². The van der Waals surface area contributed by atoms with Crippen LogP contribution in [-0.2, 0) is 4.79 Å². The van der Waals surface area contributed by atoms with Gasteiger partial charge in [0.05, 0.1) is 0 Å². The third kappa shape index (κ3) is 6.53. The van der Waals surface area contributed by atoms with Crippen molar-refractivity contribution in [3.8, 4) is 0 Å². The summed E-state index contributed by atoms with van der Waals surface area (Å²) >= 11 is 1.95. The topological polar surface area (TPSA) is 32.3 Å². The highest BCUT2D eigenvalue weighted by atomic mass is 35.5. The van der Waals surface area contributed by atoms with Gasteiger partial charge in [0.2, 0.25) is 5.91 Å². The summed E-state index contributed by atoms with van der Waals surface area (Å²) in [5.41, 5.74) is 0. The van der Waals surface area contributed by atoms with Crippen molar-refractivity contribution in [1.82, 2.24) is 10.2 Å². The van der Waals surface area contributed by atoms with E-state index in [-0.39, 0.29) is 12.4 Å². The van der Waals surface area contributed by atoms with Crippen LogP contribution in [0.1, 0.15) is 33.1 Å². The number of halogens is 1. The van der Waals surface area contributed by atoms with Crippen molar-refractivity contribution < 1.29 is 4.79 Å². The first-order valence-corrected chi connectivity index (χ1v) is 7.52. The van der Waals surface area contributed by atoms with Crippen LogP contribution < -0.4 is 5.32 Å². The average Bonchev–Trinajstić information content (AvgIpc) is 2.30. The molecular formula is C12H25ClN2OS. The van der Waals surface area contributed by atoms with Crippen LogP contribution in [0.25, 0.3) is 0 Å². The van der Waals surface area contributed by atoms with E-state index in [1.165, 1.54) is 5.75 Å². The molecule has 0 radical (unpaired) electrons. The molecule has 1 fully saturated rings. The number of nitrogens with zero attached hydrogens (tertiary/aromatic N) is 1. The van der Waals surface area contributed by atoms with Gasteiger partial charge in [-0.1, -0.05) is 13.8 Å². The number of nitrogens with one attached hydrogen (secondary N) is 1. The normalized spacial score (nSPS) is 19.5. The van der Waals surface area contributed by atoms with E-state index >= 15 is 0 Å². The standard InChI is InChI=1S/C12H24N2OS.ClH/c1-3-6-14(7-4-2)12(15)9-11-10-16-8-5-13-11;/h11,13H,3-10H2,1-2H3;1H. The molecule has 1 N–H and O–H groups in total. The van der Waals surface area contributed by atoms with E-state index in [1.54, 1.807) is 0 Å². The van der Waals surface area contributed by atoms with Crippen LogP contribution in [0.5, 0.6) is 0 Å². The number of rotatable bonds is 6. The van der Waals surface area contributed by atoms with Gasteiger partial charge in [-0.05, 0) is 12.8 Å². The van der Waals surface area contributed by atoms with E-state index in [0.717, 1.165) is 38.2 Å². The van der Waals surface area contributed by atoms with Gasteiger partial charge in [-0.25, -0.2) is 0 Å². The molecule has 1 aliphatic heterocycles. The first kappa shape index (κ1) is 17.1. The summed E-state index contributed by atoms with van der Waals surface area (Å²) in [7, 11) is 0. The number of carbonyl (C=O) groups excluding carboxylic acids is 1. The average molecular weight is 281 g/mol. The third-order valence-corrected chi connectivity index (χ3v) is 3.89. The van der Waals surface area contributed by atoms with Gasteiger partial charge in [-0.2, -0.15) is 11.8 Å². The highest BCUT2D eigenvalue weighted by Gasteiger charge is 2.19. The first-order chi connectivity index (χ1) is 7.77. The molecule has 0 bridgehead atoms. The van der Waals surface area contributed by atoms with Crippen LogP contribution in [0, 0.1) is 0 Å². The third-order valence-electron chi connectivity index (χ3n) is 2.76. The lowest BCUT2D eigenvalue weighted by atomic mass is 10.2. The second kappa shape index (κ2) is 10.0. The fourth-order valence-electron chi connectivity index (χ4n) is 1.99. The zero-order valence-electron chi connectivity index (χ0n) is 10.9. The Hall–Kier alpha value is 0.0700. The molecule has 17 heavy (non-hydrogen) atoms. The Morgan fingerprint density at radius 3 is 2.47 bits per heavy atom. The molecule has 1 saturated heterocycles. The summed E-state index contributed by atoms with van der Waals surface area (Å²) in [6.45, 7) is 7.12. The number of hydrogen-bond acceptors (Lipinski definition) is 3. The maximum atomic E-state index is 12.1. The highest BCUT2D eigenvalue weighted by molar-refractivity contribution is 7.99. The van der Waals surface area contributed by atoms with Crippen LogP contribution in [-0.4, -0.2) is 48.0 Å². The van der Waals surface area contributed by atoms with Crippen LogP contribution in [0.4, 0.5) is 0 Å². The fourth-order valence-corrected chi connectivity index (χ4v) is 2.94. The summed E-state index contributed by atoms with van der Waals surface area (Å²) in [6, 6.07) is 0.391. The van der Waals surface area contributed by atoms with E-state index in [2.05, 4.69) is 19.2 Å². The number of thioether (sulfide) groups is 1. The monoisotopic (exact) mass is 280 g/mol. The van der Waals surface area contributed by atoms with E-state index < -0.39 is 0 Å². The van der Waals surface area contributed by atoms with Gasteiger partial charge in [0, 0.05) is 43.6 Å². The number of hydrogen-bond donors (Lipinski definition) is 1. The SMILES string of the molecule is CCCN(CCC)C(=O)CC1CSCCN1.Cl. The van der Waals surface area contributed by atoms with Gasteiger partial charge in [-0.15, -0.1) is 12.4 Å². The Morgan fingerprint density at radius 1 is 1.35 bits per heavy atom. The second-order valence-electron chi connectivity index (χ2n) is 4.31. The molecule has 1 heterocycles. The molecule has 1 aliphatic rings. The molecule has 1 rings (SSSR count). The molecule has 0 aromatic rings. The van der Waals surface area contributed by atoms with Crippen molar-refractivity contribution in [2.24, 2.45) is 0 Å². The predicted molar refractivity (Wildman–Crippen MR) is 78.1 cm³/mol. The molecular weight excluding hydrogens is 256 g/mol. The van der Waals surface area contributed by atoms with E-state index in [9.17, 15) is 4.79 Å². The lowest BCUT2D eigenvalue weighted by Gasteiger charge is -2.27. The van der Waals surface area contributed by atoms with Gasteiger partial charge in [-0.3, -0.25) is 4.79 Å². The molecule has 0 saturated carbocycles. The van der Waals surface area contributed by atoms with Crippen molar-refractivity contribution >= 4 is 30.1 Å². The summed E-state index contributed by atoms with van der Waals surface area (Å²) in [6.07, 6.45) is 2.78. The molecule has 5 heteroatoms. The van der Waals surface area contributed by atoms with E-state index in [0.29, 0.717) is 18.4 Å². The summed E-state index contributed by atoms with van der Waals surface area (Å²) in [5.74, 6) is 2.58. The molecule has 0 aromatic carbocycles. The maximum Gasteiger partial charge on any atom is 0.224 e. The summed E-state index contributed by atoms with van der Waals surface area (Å²) in [5, 5.41) is 3.42. The Balaban J connectivity index is 0.00000256. The molecule has 0 aromatic heterocycles. The molecule has 1 atom stereocenters. The highest BCUT2D eigenvalue weighted by Crippen LogP contribution is 2.11. The van der Waals surface area contributed by atoms with Gasteiger partial charge in [0.25, 0.3) is 0 Å². The van der Waals surface area contributed by atoms with Crippen LogP contribution in [0.2, 0.25) is 0 Å². The molecule has 1 unspecified atom stereocenters. The van der Waals surface area contributed by atoms with Gasteiger partial charge in [0.15, 0.2) is 0 Å². The minimum absolute atomic E-state index is 0. The zero-order valence-corrected chi connectivity index (χ0v) is 12.5. The molecule has 0 aliphatic carbocycles. The van der Waals surface area contributed by atoms with Crippen LogP contribution >= 0.6 is 24.2 Å². The van der Waals surface area contributed by atoms with Gasteiger partial charge >= 0.3 is 0 Å². The van der Waals surface area contributed by atoms with Crippen molar-refractivity contribution in [3.05, 3.63) is 0 Å². The summed E-state index contributed by atoms with van der Waals surface area (Å²) in [4.78, 5) is 14.1. The van der Waals surface area contributed by atoms with E-state index in [1.807, 2.05) is 16.7 Å². The summed E-state index contributed by atoms with van der Waals surface area (Å²) < 4.78 is 0. The van der Waals surface area contributed by atoms with Gasteiger partial charge < -0.3 is 10.2 Å². The lowest BCUT2D eigenvalue weighted by Crippen LogP contribution is -2.43. The predicted octanol–water partition coefficient (Wildman–Crippen LogP) is 2.15. The lowest BCUT2D eigenvalue weighted by molar-refractivity contribution is -0.131. The van der Waals surface area contributed by atoms with Crippen LogP contribution in [0.15, 0.2) is 0 Å². The van der Waals surface area contributed by atoms with Crippen molar-refractivity contribution in [3.63, 3.8) is 0 Å². The Morgan fingerprint density at radius 2 is 2.00 bits per heavy atom. The molecule has 102 valence electrons. The molecule has 0 spiro atoms. The maximum absolute atomic E-state index is 12.1. The Kier molecular flexibility index (Phi) is 10.1. The van der Waals surface area contributed by atoms with Crippen LogP contribution in [0.3, 0.4) is 0 Å². The smallest absolute Gasteiger partial charge is 0.224 e. The van der Waals surface area contributed by atoms with Crippen molar-refractivity contribution in [2.75, 3.05) is 31.1 Å². The molecule has 1 amide bonds. The second-order valence-corrected chi connectivity index (χ2v) is 5.46. The van der Waals surface area contributed by atoms with E-state index in [4.69, 9.17) is 0 Å². The zero-order chi connectivity index (χ0) is 11.8. The fraction of sp³-hybridized carbons (Fsp3) is 0.917. The van der Waals surface area contributed by atoms with Gasteiger partial charge in [0.1, 0.15) is 0 Å². The number of amides is 1. The minimum atomic E-state index is 0. The Bertz CT molecular complexity index is 205. The number of carbonyl (C=O) groups is 1. The first-order valence-electron chi connectivity index (χ1n) is 6.36. The van der Waals surface area contributed by atoms with Crippen molar-refractivity contribution in [1.29, 1.82) is 0 Å². The molecule has 3 nitrogen and oxygen atoms in total.